The topological polar surface area (TPSA) is 12.0 Å². The minimum Gasteiger partial charge on any atom is -0.306 e. The molecular formula is C16H16Cl2FN. The average Bonchev–Trinajstić information content (AvgIpc) is 2.38. The van der Waals surface area contributed by atoms with Gasteiger partial charge in [-0.25, -0.2) is 4.39 Å². The Kier molecular flexibility index (Phi) is 5.03. The molecule has 0 aliphatic heterocycles. The lowest BCUT2D eigenvalue weighted by Crippen LogP contribution is -2.23. The van der Waals surface area contributed by atoms with Crippen molar-refractivity contribution < 1.29 is 4.39 Å². The smallest absolute Gasteiger partial charge is 0.128 e. The molecule has 2 rings (SSSR count). The molecule has 0 aliphatic carbocycles. The highest BCUT2D eigenvalue weighted by Crippen LogP contribution is 2.29. The van der Waals surface area contributed by atoms with E-state index >= 15 is 0 Å². The van der Waals surface area contributed by atoms with Crippen molar-refractivity contribution in [2.75, 3.05) is 6.54 Å². The molecule has 0 saturated heterocycles. The first-order valence-corrected chi connectivity index (χ1v) is 7.22. The summed E-state index contributed by atoms with van der Waals surface area (Å²) in [6, 6.07) is 10.1. The molecule has 0 aromatic heterocycles. The van der Waals surface area contributed by atoms with Crippen LogP contribution >= 0.6 is 23.2 Å². The lowest BCUT2D eigenvalue weighted by molar-refractivity contribution is 0.558. The summed E-state index contributed by atoms with van der Waals surface area (Å²) in [5.74, 6) is -0.238. The third-order valence-corrected chi connectivity index (χ3v) is 3.53. The van der Waals surface area contributed by atoms with E-state index in [2.05, 4.69) is 5.32 Å². The van der Waals surface area contributed by atoms with Gasteiger partial charge in [0, 0.05) is 15.6 Å². The fourth-order valence-corrected chi connectivity index (χ4v) is 2.78. The van der Waals surface area contributed by atoms with Crippen LogP contribution in [0.5, 0.6) is 0 Å². The van der Waals surface area contributed by atoms with Gasteiger partial charge in [-0.3, -0.25) is 0 Å². The van der Waals surface area contributed by atoms with Crippen molar-refractivity contribution in [1.82, 2.24) is 5.32 Å². The molecule has 1 unspecified atom stereocenters. The molecule has 1 N–H and O–H groups in total. The molecule has 0 saturated carbocycles. The van der Waals surface area contributed by atoms with Crippen LogP contribution in [0, 0.1) is 12.7 Å². The number of aryl methyl sites for hydroxylation is 1. The van der Waals surface area contributed by atoms with E-state index in [-0.39, 0.29) is 11.9 Å². The van der Waals surface area contributed by atoms with Crippen molar-refractivity contribution in [3.8, 4) is 0 Å². The van der Waals surface area contributed by atoms with Crippen molar-refractivity contribution in [1.29, 1.82) is 0 Å². The third kappa shape index (κ3) is 3.51. The van der Waals surface area contributed by atoms with Gasteiger partial charge in [0.25, 0.3) is 0 Å². The Morgan fingerprint density at radius 3 is 2.35 bits per heavy atom. The summed E-state index contributed by atoms with van der Waals surface area (Å²) in [5, 5.41) is 4.37. The summed E-state index contributed by atoms with van der Waals surface area (Å²) in [6.45, 7) is 4.63. The summed E-state index contributed by atoms with van der Waals surface area (Å²) in [4.78, 5) is 0. The zero-order valence-corrected chi connectivity index (χ0v) is 12.9. The van der Waals surface area contributed by atoms with Crippen molar-refractivity contribution >= 4 is 23.2 Å². The highest BCUT2D eigenvalue weighted by Gasteiger charge is 2.18. The average molecular weight is 312 g/mol. The molecule has 0 spiro atoms. The van der Waals surface area contributed by atoms with Crippen LogP contribution in [0.2, 0.25) is 10.0 Å². The van der Waals surface area contributed by atoms with E-state index in [1.165, 1.54) is 6.07 Å². The van der Waals surface area contributed by atoms with Gasteiger partial charge in [0.15, 0.2) is 0 Å². The number of hydrogen-bond acceptors (Lipinski definition) is 1. The van der Waals surface area contributed by atoms with Gasteiger partial charge < -0.3 is 5.32 Å². The second kappa shape index (κ2) is 6.57. The molecule has 0 amide bonds. The first kappa shape index (κ1) is 15.3. The highest BCUT2D eigenvalue weighted by molar-refractivity contribution is 6.34. The van der Waals surface area contributed by atoms with Gasteiger partial charge in [-0.05, 0) is 43.3 Å². The van der Waals surface area contributed by atoms with Crippen LogP contribution in [-0.4, -0.2) is 6.54 Å². The minimum absolute atomic E-state index is 0.238. The minimum atomic E-state index is -0.268. The maximum atomic E-state index is 14.1. The van der Waals surface area contributed by atoms with Gasteiger partial charge in [0.2, 0.25) is 0 Å². The second-order valence-corrected chi connectivity index (χ2v) is 5.59. The predicted octanol–water partition coefficient (Wildman–Crippen LogP) is 5.14. The van der Waals surface area contributed by atoms with Crippen LogP contribution in [0.3, 0.4) is 0 Å². The predicted molar refractivity (Wildman–Crippen MR) is 83.1 cm³/mol. The molecule has 2 aromatic carbocycles. The van der Waals surface area contributed by atoms with Crippen LogP contribution < -0.4 is 5.32 Å². The monoisotopic (exact) mass is 311 g/mol. The molecule has 106 valence electrons. The van der Waals surface area contributed by atoms with Gasteiger partial charge in [-0.1, -0.05) is 47.8 Å². The molecule has 0 radical (unpaired) electrons. The second-order valence-electron chi connectivity index (χ2n) is 4.72. The van der Waals surface area contributed by atoms with Crippen molar-refractivity contribution in [2.45, 2.75) is 19.9 Å². The lowest BCUT2D eigenvalue weighted by atomic mass is 9.96. The van der Waals surface area contributed by atoms with E-state index in [9.17, 15) is 4.39 Å². The highest BCUT2D eigenvalue weighted by atomic mass is 35.5. The van der Waals surface area contributed by atoms with Gasteiger partial charge >= 0.3 is 0 Å². The Bertz CT molecular complexity index is 593. The number of benzene rings is 2. The molecule has 20 heavy (non-hydrogen) atoms. The quantitative estimate of drug-likeness (QED) is 0.824. The van der Waals surface area contributed by atoms with Crippen molar-refractivity contribution in [3.63, 3.8) is 0 Å². The van der Waals surface area contributed by atoms with Gasteiger partial charge in [-0.15, -0.1) is 0 Å². The van der Waals surface area contributed by atoms with Crippen molar-refractivity contribution in [3.05, 3.63) is 69.0 Å². The van der Waals surface area contributed by atoms with E-state index in [0.29, 0.717) is 22.2 Å². The molecule has 0 heterocycles. The SMILES string of the molecule is CCNC(c1cc(Cl)cc(Cl)c1)c1cc(C)ccc1F. The van der Waals surface area contributed by atoms with Crippen molar-refractivity contribution in [2.24, 2.45) is 0 Å². The van der Waals surface area contributed by atoms with E-state index in [1.54, 1.807) is 12.1 Å². The largest absolute Gasteiger partial charge is 0.306 e. The summed E-state index contributed by atoms with van der Waals surface area (Å²) in [6.07, 6.45) is 0. The summed E-state index contributed by atoms with van der Waals surface area (Å²) < 4.78 is 14.1. The molecule has 0 bridgehead atoms. The van der Waals surface area contributed by atoms with Crippen LogP contribution in [0.1, 0.15) is 29.7 Å². The van der Waals surface area contributed by atoms with E-state index in [1.807, 2.05) is 32.0 Å². The summed E-state index contributed by atoms with van der Waals surface area (Å²) in [7, 11) is 0. The van der Waals surface area contributed by atoms with Crippen LogP contribution in [0.15, 0.2) is 36.4 Å². The molecular weight excluding hydrogens is 296 g/mol. The van der Waals surface area contributed by atoms with Crippen LogP contribution in [-0.2, 0) is 0 Å². The number of rotatable bonds is 4. The fraction of sp³-hybridized carbons (Fsp3) is 0.250. The van der Waals surface area contributed by atoms with Crippen LogP contribution in [0.25, 0.3) is 0 Å². The van der Waals surface area contributed by atoms with E-state index in [4.69, 9.17) is 23.2 Å². The zero-order chi connectivity index (χ0) is 14.7. The molecule has 1 atom stereocenters. The van der Waals surface area contributed by atoms with E-state index in [0.717, 1.165) is 11.1 Å². The fourth-order valence-electron chi connectivity index (χ4n) is 2.24. The van der Waals surface area contributed by atoms with Gasteiger partial charge in [-0.2, -0.15) is 0 Å². The molecule has 1 nitrogen and oxygen atoms in total. The third-order valence-electron chi connectivity index (χ3n) is 3.09. The molecule has 0 aliphatic rings. The number of hydrogen-bond donors (Lipinski definition) is 1. The maximum absolute atomic E-state index is 14.1. The molecule has 2 aromatic rings. The Balaban J connectivity index is 2.52. The summed E-state index contributed by atoms with van der Waals surface area (Å²) in [5.41, 5.74) is 2.47. The van der Waals surface area contributed by atoms with E-state index < -0.39 is 0 Å². The maximum Gasteiger partial charge on any atom is 0.128 e. The summed E-state index contributed by atoms with van der Waals surface area (Å²) >= 11 is 12.1. The lowest BCUT2D eigenvalue weighted by Gasteiger charge is -2.20. The first-order valence-electron chi connectivity index (χ1n) is 6.46. The number of nitrogens with one attached hydrogen (secondary N) is 1. The zero-order valence-electron chi connectivity index (χ0n) is 11.4. The normalized spacial score (nSPS) is 12.4. The first-order chi connectivity index (χ1) is 9.51. The molecule has 4 heteroatoms. The standard InChI is InChI=1S/C16H16Cl2FN/c1-3-20-16(11-7-12(17)9-13(18)8-11)14-6-10(2)4-5-15(14)19/h4-9,16,20H,3H2,1-2H3. The Hall–Kier alpha value is -1.09. The number of halogens is 3. The van der Waals surface area contributed by atoms with Gasteiger partial charge in [0.1, 0.15) is 5.82 Å². The Morgan fingerprint density at radius 2 is 1.75 bits per heavy atom. The Morgan fingerprint density at radius 1 is 1.10 bits per heavy atom. The molecule has 0 fully saturated rings. The Labute approximate surface area is 128 Å². The van der Waals surface area contributed by atoms with Crippen LogP contribution in [0.4, 0.5) is 4.39 Å². The van der Waals surface area contributed by atoms with Gasteiger partial charge in [0.05, 0.1) is 6.04 Å².